The summed E-state index contributed by atoms with van der Waals surface area (Å²) in [6.45, 7) is 1.68. The number of rotatable bonds is 7. The number of aliphatic hydroxyl groups excluding tert-OH is 2. The number of hydrogen-bond acceptors (Lipinski definition) is 8. The number of nitrogens with two attached hydrogens (primary N) is 2. The predicted molar refractivity (Wildman–Crippen MR) is 87.8 cm³/mol. The Morgan fingerprint density at radius 1 is 1.46 bits per heavy atom. The van der Waals surface area contributed by atoms with Gasteiger partial charge in [0, 0.05) is 13.3 Å². The summed E-state index contributed by atoms with van der Waals surface area (Å²) in [6, 6.07) is 0. The summed E-state index contributed by atoms with van der Waals surface area (Å²) in [5.41, 5.74) is 11.5. The lowest BCUT2D eigenvalue weighted by atomic mass is 10.2. The highest BCUT2D eigenvalue weighted by Gasteiger charge is 2.30. The van der Waals surface area contributed by atoms with Crippen LogP contribution in [0.25, 0.3) is 11.0 Å². The summed E-state index contributed by atoms with van der Waals surface area (Å²) in [7, 11) is 2.82. The van der Waals surface area contributed by atoms with Gasteiger partial charge in [0.2, 0.25) is 0 Å². The molecular weight excluding hydrogens is 317 g/mol. The first-order valence-corrected chi connectivity index (χ1v) is 7.14. The maximum Gasteiger partial charge on any atom is 0.257 e. The Balaban J connectivity index is 2.57. The van der Waals surface area contributed by atoms with E-state index in [9.17, 15) is 15.0 Å². The van der Waals surface area contributed by atoms with Crippen LogP contribution in [0.5, 0.6) is 0 Å². The van der Waals surface area contributed by atoms with Crippen molar-refractivity contribution in [2.24, 2.45) is 5.73 Å². The Morgan fingerprint density at radius 2 is 2.12 bits per heavy atom. The van der Waals surface area contributed by atoms with Gasteiger partial charge < -0.3 is 35.6 Å². The highest BCUT2D eigenvalue weighted by atomic mass is 16.5. The molecule has 0 aromatic carbocycles. The Morgan fingerprint density at radius 3 is 2.67 bits per heavy atom. The molecule has 1 amide bonds. The fraction of sp³-hybridized carbons (Fsp3) is 0.462. The zero-order valence-corrected chi connectivity index (χ0v) is 13.6. The quantitative estimate of drug-likeness (QED) is 0.416. The topological polar surface area (TPSA) is 159 Å². The molecule has 11 heteroatoms. The van der Waals surface area contributed by atoms with Crippen molar-refractivity contribution in [1.82, 2.24) is 14.5 Å². The van der Waals surface area contributed by atoms with Gasteiger partial charge in [-0.1, -0.05) is 0 Å². The van der Waals surface area contributed by atoms with Gasteiger partial charge in [0.25, 0.3) is 14.0 Å². The highest BCUT2D eigenvalue weighted by molar-refractivity contribution is 6.08. The molecule has 0 aliphatic heterocycles. The van der Waals surface area contributed by atoms with Gasteiger partial charge in [-0.05, 0) is 6.92 Å². The first-order valence-electron chi connectivity index (χ1n) is 7.14. The molecule has 2 aromatic heterocycles. The number of primary amides is 1. The zero-order chi connectivity index (χ0) is 18.0. The molecule has 3 atom stereocenters. The molecule has 6 N–H and O–H groups in total. The zero-order valence-electron chi connectivity index (χ0n) is 13.6. The molecular formula is C13H20BN5O5. The minimum atomic E-state index is -1.46. The second-order valence-corrected chi connectivity index (χ2v) is 5.30. The lowest BCUT2D eigenvalue weighted by Gasteiger charge is -2.26. The summed E-state index contributed by atoms with van der Waals surface area (Å²) in [6.07, 6.45) is -2.32. The van der Waals surface area contributed by atoms with Crippen LogP contribution in [0.3, 0.4) is 0 Å². The smallest absolute Gasteiger partial charge is 0.257 e. The monoisotopic (exact) mass is 337 g/mol. The molecule has 24 heavy (non-hydrogen) atoms. The first-order chi connectivity index (χ1) is 11.3. The van der Waals surface area contributed by atoms with E-state index in [0.29, 0.717) is 5.82 Å². The van der Waals surface area contributed by atoms with Crippen molar-refractivity contribution in [3.63, 3.8) is 0 Å². The number of aryl methyl sites for hydroxylation is 1. The number of nitrogen functional groups attached to an aromatic ring is 1. The van der Waals surface area contributed by atoms with E-state index in [4.69, 9.17) is 20.9 Å². The van der Waals surface area contributed by atoms with E-state index in [2.05, 4.69) is 9.97 Å². The van der Waals surface area contributed by atoms with Crippen molar-refractivity contribution in [2.75, 3.05) is 19.5 Å². The third-order valence-electron chi connectivity index (χ3n) is 3.68. The van der Waals surface area contributed by atoms with E-state index in [-0.39, 0.29) is 29.0 Å². The molecule has 10 nitrogen and oxygen atoms in total. The standard InChI is InChI=1S/C13H20BN5O5/c1-5-17-10(15)8-6(11(16)21)3-19(12(8)18-5)13(22)9(20)7(23-2)4-24-14/h3,7,9,13,20,22H,4,14H2,1-2H3,(H2,16,21)(H2,15,17,18). The summed E-state index contributed by atoms with van der Waals surface area (Å²) >= 11 is 0. The Labute approximate surface area is 138 Å². The second kappa shape index (κ2) is 7.13. The average molecular weight is 337 g/mol. The number of fused-ring (bicyclic) bond motifs is 1. The van der Waals surface area contributed by atoms with Crippen LogP contribution in [-0.4, -0.2) is 64.6 Å². The van der Waals surface area contributed by atoms with Gasteiger partial charge in [0.1, 0.15) is 29.5 Å². The predicted octanol–water partition coefficient (Wildman–Crippen LogP) is -2.15. The van der Waals surface area contributed by atoms with Gasteiger partial charge in [0.05, 0.1) is 17.6 Å². The summed E-state index contributed by atoms with van der Waals surface area (Å²) in [5.74, 6) is -0.344. The number of aliphatic hydroxyl groups is 2. The van der Waals surface area contributed by atoms with Gasteiger partial charge in [0.15, 0.2) is 6.23 Å². The van der Waals surface area contributed by atoms with E-state index in [0.717, 1.165) is 0 Å². The van der Waals surface area contributed by atoms with Crippen molar-refractivity contribution in [3.05, 3.63) is 17.6 Å². The van der Waals surface area contributed by atoms with Gasteiger partial charge in [-0.2, -0.15) is 0 Å². The van der Waals surface area contributed by atoms with Crippen LogP contribution < -0.4 is 11.5 Å². The van der Waals surface area contributed by atoms with E-state index < -0.39 is 24.3 Å². The Hall–Kier alpha value is -2.21. The van der Waals surface area contributed by atoms with Gasteiger partial charge in [-0.15, -0.1) is 0 Å². The highest BCUT2D eigenvalue weighted by Crippen LogP contribution is 2.28. The molecule has 0 aliphatic carbocycles. The van der Waals surface area contributed by atoms with Crippen LogP contribution in [0, 0.1) is 6.92 Å². The molecule has 2 rings (SSSR count). The van der Waals surface area contributed by atoms with Gasteiger partial charge in [-0.3, -0.25) is 4.79 Å². The van der Waals surface area contributed by atoms with Crippen LogP contribution in [0.4, 0.5) is 5.82 Å². The fourth-order valence-corrected chi connectivity index (χ4v) is 2.50. The summed E-state index contributed by atoms with van der Waals surface area (Å²) in [5, 5.41) is 21.1. The number of hydrogen-bond donors (Lipinski definition) is 4. The largest absolute Gasteiger partial charge is 0.441 e. The fourth-order valence-electron chi connectivity index (χ4n) is 2.50. The van der Waals surface area contributed by atoms with Crippen molar-refractivity contribution in [1.29, 1.82) is 0 Å². The molecule has 3 unspecified atom stereocenters. The van der Waals surface area contributed by atoms with E-state index in [1.54, 1.807) is 6.92 Å². The molecule has 130 valence electrons. The van der Waals surface area contributed by atoms with Crippen molar-refractivity contribution < 1.29 is 24.4 Å². The number of anilines is 1. The number of amides is 1. The Bertz CT molecular complexity index is 752. The average Bonchev–Trinajstić information content (AvgIpc) is 2.91. The number of carbonyl (C=O) groups is 1. The van der Waals surface area contributed by atoms with Gasteiger partial charge >= 0.3 is 0 Å². The summed E-state index contributed by atoms with van der Waals surface area (Å²) in [4.78, 5) is 19.9. The number of aromatic nitrogens is 3. The molecule has 2 aromatic rings. The molecule has 0 fully saturated rings. The second-order valence-electron chi connectivity index (χ2n) is 5.30. The maximum atomic E-state index is 11.7. The molecule has 0 aliphatic rings. The van der Waals surface area contributed by atoms with Crippen LogP contribution in [-0.2, 0) is 9.39 Å². The molecule has 0 radical (unpaired) electrons. The summed E-state index contributed by atoms with van der Waals surface area (Å²) < 4.78 is 11.3. The van der Waals surface area contributed by atoms with Crippen molar-refractivity contribution in [2.45, 2.75) is 25.4 Å². The van der Waals surface area contributed by atoms with E-state index in [1.807, 2.05) is 0 Å². The van der Waals surface area contributed by atoms with Crippen molar-refractivity contribution in [3.8, 4) is 0 Å². The van der Waals surface area contributed by atoms with Crippen LogP contribution in [0.15, 0.2) is 6.20 Å². The third kappa shape index (κ3) is 3.19. The normalized spacial score (nSPS) is 15.3. The number of nitrogens with zero attached hydrogens (tertiary/aromatic N) is 3. The molecule has 0 bridgehead atoms. The van der Waals surface area contributed by atoms with Gasteiger partial charge in [-0.25, -0.2) is 9.97 Å². The molecule has 2 heterocycles. The number of methoxy groups -OCH3 is 1. The molecule has 0 saturated heterocycles. The molecule has 0 saturated carbocycles. The number of ether oxygens (including phenoxy) is 1. The third-order valence-corrected chi connectivity index (χ3v) is 3.68. The van der Waals surface area contributed by atoms with Crippen molar-refractivity contribution >= 4 is 30.8 Å². The van der Waals surface area contributed by atoms with E-state index >= 15 is 0 Å². The maximum absolute atomic E-state index is 11.7. The van der Waals surface area contributed by atoms with Crippen LogP contribution in [0.1, 0.15) is 22.4 Å². The minimum Gasteiger partial charge on any atom is -0.441 e. The first kappa shape index (κ1) is 18.1. The van der Waals surface area contributed by atoms with Crippen LogP contribution >= 0.6 is 0 Å². The molecule has 0 spiro atoms. The lowest BCUT2D eigenvalue weighted by Crippen LogP contribution is -2.39. The number of carbonyl (C=O) groups excluding carboxylic acids is 1. The lowest BCUT2D eigenvalue weighted by molar-refractivity contribution is -0.112. The minimum absolute atomic E-state index is 0.0504. The SMILES string of the molecule is BOCC(OC)C(O)C(O)n1cc(C(N)=O)c2c(N)nc(C)nc21. The van der Waals surface area contributed by atoms with Crippen LogP contribution in [0.2, 0.25) is 0 Å². The van der Waals surface area contributed by atoms with E-state index in [1.165, 1.54) is 25.9 Å². The Kier molecular flexibility index (Phi) is 5.39.